The van der Waals surface area contributed by atoms with Gasteiger partial charge >= 0.3 is 5.97 Å². The van der Waals surface area contributed by atoms with Gasteiger partial charge in [0, 0.05) is 7.05 Å². The fraction of sp³-hybridized carbons (Fsp3) is 0.385. The van der Waals surface area contributed by atoms with Crippen LogP contribution in [0, 0.1) is 13.8 Å². The van der Waals surface area contributed by atoms with Crippen LogP contribution >= 0.6 is 0 Å². The molecule has 0 bridgehead atoms. The molecule has 2 aromatic rings. The third-order valence-corrected chi connectivity index (χ3v) is 3.05. The zero-order valence-electron chi connectivity index (χ0n) is 10.9. The normalized spacial score (nSPS) is 12.7. The molecule has 96 valence electrons. The van der Waals surface area contributed by atoms with E-state index in [9.17, 15) is 4.79 Å². The Bertz CT molecular complexity index is 604. The molecule has 1 aromatic heterocycles. The fourth-order valence-corrected chi connectivity index (χ4v) is 1.85. The summed E-state index contributed by atoms with van der Waals surface area (Å²) >= 11 is 0. The van der Waals surface area contributed by atoms with Gasteiger partial charge in [0.2, 0.25) is 0 Å². The van der Waals surface area contributed by atoms with E-state index in [0.29, 0.717) is 11.6 Å². The van der Waals surface area contributed by atoms with Gasteiger partial charge < -0.3 is 14.4 Å². The van der Waals surface area contributed by atoms with E-state index in [4.69, 9.17) is 9.52 Å². The Balaban J connectivity index is 2.47. The summed E-state index contributed by atoms with van der Waals surface area (Å²) in [5.41, 5.74) is 3.57. The Morgan fingerprint density at radius 1 is 1.44 bits per heavy atom. The van der Waals surface area contributed by atoms with Crippen LogP contribution in [0.5, 0.6) is 0 Å². The van der Waals surface area contributed by atoms with Crippen molar-refractivity contribution in [2.24, 2.45) is 0 Å². The van der Waals surface area contributed by atoms with Crippen LogP contribution in [0.1, 0.15) is 18.1 Å². The smallest absolute Gasteiger partial charge is 0.326 e. The second kappa shape index (κ2) is 4.33. The highest BCUT2D eigenvalue weighted by molar-refractivity contribution is 5.80. The molecule has 0 fully saturated rings. The van der Waals surface area contributed by atoms with Crippen molar-refractivity contribution in [2.75, 3.05) is 11.9 Å². The lowest BCUT2D eigenvalue weighted by molar-refractivity contribution is -0.138. The van der Waals surface area contributed by atoms with Gasteiger partial charge in [0.25, 0.3) is 6.01 Å². The molecule has 1 atom stereocenters. The maximum atomic E-state index is 10.9. The zero-order valence-corrected chi connectivity index (χ0v) is 10.9. The number of carboxylic acid groups (broad SMARTS) is 1. The van der Waals surface area contributed by atoms with E-state index >= 15 is 0 Å². The summed E-state index contributed by atoms with van der Waals surface area (Å²) in [7, 11) is 1.66. The highest BCUT2D eigenvalue weighted by atomic mass is 16.4. The molecule has 0 saturated carbocycles. The van der Waals surface area contributed by atoms with Crippen molar-refractivity contribution in [3.8, 4) is 0 Å². The monoisotopic (exact) mass is 248 g/mol. The minimum absolute atomic E-state index is 0.327. The summed E-state index contributed by atoms with van der Waals surface area (Å²) in [6, 6.07) is 3.58. The quantitative estimate of drug-likeness (QED) is 0.903. The van der Waals surface area contributed by atoms with Crippen LogP contribution in [0.25, 0.3) is 11.1 Å². The van der Waals surface area contributed by atoms with Crippen molar-refractivity contribution < 1.29 is 14.3 Å². The third kappa shape index (κ3) is 2.03. The highest BCUT2D eigenvalue weighted by Crippen LogP contribution is 2.26. The standard InChI is InChI=1S/C13H16N2O3/c1-7-5-8(2)11-10(6-7)14-13(18-11)15(4)9(3)12(16)17/h5-6,9H,1-4H3,(H,16,17). The summed E-state index contributed by atoms with van der Waals surface area (Å²) < 4.78 is 5.64. The topological polar surface area (TPSA) is 66.6 Å². The summed E-state index contributed by atoms with van der Waals surface area (Å²) in [5, 5.41) is 8.98. The minimum atomic E-state index is -0.910. The maximum absolute atomic E-state index is 10.9. The number of hydrogen-bond acceptors (Lipinski definition) is 4. The van der Waals surface area contributed by atoms with E-state index in [1.807, 2.05) is 26.0 Å². The van der Waals surface area contributed by atoms with Crippen LogP contribution in [0.15, 0.2) is 16.5 Å². The molecule has 0 radical (unpaired) electrons. The van der Waals surface area contributed by atoms with Crippen molar-refractivity contribution in [3.63, 3.8) is 0 Å². The number of aromatic nitrogens is 1. The predicted molar refractivity (Wildman–Crippen MR) is 69.0 cm³/mol. The van der Waals surface area contributed by atoms with Crippen LogP contribution in [0.2, 0.25) is 0 Å². The molecule has 1 heterocycles. The van der Waals surface area contributed by atoms with Crippen LogP contribution in [0.4, 0.5) is 6.01 Å². The summed E-state index contributed by atoms with van der Waals surface area (Å²) in [5.74, 6) is -0.910. The van der Waals surface area contributed by atoms with Crippen molar-refractivity contribution in [3.05, 3.63) is 23.3 Å². The third-order valence-electron chi connectivity index (χ3n) is 3.05. The lowest BCUT2D eigenvalue weighted by Crippen LogP contribution is -2.35. The largest absolute Gasteiger partial charge is 0.480 e. The van der Waals surface area contributed by atoms with E-state index in [1.54, 1.807) is 14.0 Å². The molecular formula is C13H16N2O3. The number of carboxylic acids is 1. The lowest BCUT2D eigenvalue weighted by Gasteiger charge is -2.18. The van der Waals surface area contributed by atoms with E-state index < -0.39 is 12.0 Å². The average Bonchev–Trinajstić information content (AvgIpc) is 2.70. The Labute approximate surface area is 105 Å². The first-order valence-electron chi connectivity index (χ1n) is 5.73. The molecule has 5 nitrogen and oxygen atoms in total. The predicted octanol–water partition coefficient (Wildman–Crippen LogP) is 2.35. The molecule has 0 aliphatic heterocycles. The summed E-state index contributed by atoms with van der Waals surface area (Å²) in [6.45, 7) is 5.53. The summed E-state index contributed by atoms with van der Waals surface area (Å²) in [4.78, 5) is 16.8. The first-order chi connectivity index (χ1) is 8.40. The first-order valence-corrected chi connectivity index (χ1v) is 5.73. The Hall–Kier alpha value is -2.04. The van der Waals surface area contributed by atoms with Crippen LogP contribution in [-0.2, 0) is 4.79 Å². The van der Waals surface area contributed by atoms with E-state index in [0.717, 1.165) is 16.6 Å². The Kier molecular flexibility index (Phi) is 2.98. The van der Waals surface area contributed by atoms with Gasteiger partial charge in [0.15, 0.2) is 5.58 Å². The molecule has 2 rings (SSSR count). The number of hydrogen-bond donors (Lipinski definition) is 1. The fourth-order valence-electron chi connectivity index (χ4n) is 1.85. The second-order valence-corrected chi connectivity index (χ2v) is 4.55. The summed E-state index contributed by atoms with van der Waals surface area (Å²) in [6.07, 6.45) is 0. The van der Waals surface area contributed by atoms with Crippen molar-refractivity contribution >= 4 is 23.1 Å². The number of carbonyl (C=O) groups is 1. The van der Waals surface area contributed by atoms with Gasteiger partial charge in [-0.25, -0.2) is 4.79 Å². The lowest BCUT2D eigenvalue weighted by atomic mass is 10.1. The number of oxazole rings is 1. The van der Waals surface area contributed by atoms with Gasteiger partial charge in [-0.2, -0.15) is 4.98 Å². The molecule has 0 amide bonds. The van der Waals surface area contributed by atoms with Gasteiger partial charge in [-0.1, -0.05) is 6.07 Å². The molecule has 18 heavy (non-hydrogen) atoms. The molecule has 1 N–H and O–H groups in total. The number of rotatable bonds is 3. The van der Waals surface area contributed by atoms with Crippen molar-refractivity contribution in [1.82, 2.24) is 4.98 Å². The zero-order chi connectivity index (χ0) is 13.4. The van der Waals surface area contributed by atoms with E-state index in [-0.39, 0.29) is 0 Å². The number of fused-ring (bicyclic) bond motifs is 1. The van der Waals surface area contributed by atoms with E-state index in [2.05, 4.69) is 4.98 Å². The second-order valence-electron chi connectivity index (χ2n) is 4.55. The molecular weight excluding hydrogens is 232 g/mol. The van der Waals surface area contributed by atoms with Gasteiger partial charge in [-0.3, -0.25) is 0 Å². The number of likely N-dealkylation sites (N-methyl/N-ethyl adjacent to an activating group) is 1. The molecule has 0 spiro atoms. The molecule has 1 aromatic carbocycles. The molecule has 0 aliphatic rings. The number of nitrogens with zero attached hydrogens (tertiary/aromatic N) is 2. The highest BCUT2D eigenvalue weighted by Gasteiger charge is 2.21. The van der Waals surface area contributed by atoms with Crippen LogP contribution in [-0.4, -0.2) is 29.1 Å². The van der Waals surface area contributed by atoms with Crippen molar-refractivity contribution in [1.29, 1.82) is 0 Å². The van der Waals surface area contributed by atoms with E-state index in [1.165, 1.54) is 4.90 Å². The molecule has 1 unspecified atom stereocenters. The van der Waals surface area contributed by atoms with Gasteiger partial charge in [0.05, 0.1) is 0 Å². The van der Waals surface area contributed by atoms with Gasteiger partial charge in [0.1, 0.15) is 11.6 Å². The maximum Gasteiger partial charge on any atom is 0.326 e. The van der Waals surface area contributed by atoms with Crippen LogP contribution < -0.4 is 4.90 Å². The minimum Gasteiger partial charge on any atom is -0.480 e. The molecule has 5 heteroatoms. The average molecular weight is 248 g/mol. The Morgan fingerprint density at radius 2 is 2.11 bits per heavy atom. The molecule has 0 aliphatic carbocycles. The SMILES string of the molecule is Cc1cc(C)c2oc(N(C)C(C)C(=O)O)nc2c1. The van der Waals surface area contributed by atoms with Gasteiger partial charge in [-0.05, 0) is 38.0 Å². The number of benzene rings is 1. The number of aryl methyl sites for hydroxylation is 2. The van der Waals surface area contributed by atoms with Gasteiger partial charge in [-0.15, -0.1) is 0 Å². The number of aliphatic carboxylic acids is 1. The van der Waals surface area contributed by atoms with Crippen molar-refractivity contribution in [2.45, 2.75) is 26.8 Å². The number of anilines is 1. The molecule has 0 saturated heterocycles. The van der Waals surface area contributed by atoms with Crippen LogP contribution in [0.3, 0.4) is 0 Å². The first kappa shape index (κ1) is 12.4. The Morgan fingerprint density at radius 3 is 2.72 bits per heavy atom.